The number of hydrogen-bond acceptors (Lipinski definition) is 5. The molecule has 1 saturated carbocycles. The highest BCUT2D eigenvalue weighted by atomic mass is 16.5. The van der Waals surface area contributed by atoms with E-state index in [1.165, 1.54) is 0 Å². The normalized spacial score (nSPS) is 23.7. The van der Waals surface area contributed by atoms with Gasteiger partial charge < -0.3 is 14.4 Å². The second kappa shape index (κ2) is 5.26. The maximum atomic E-state index is 13.4. The average Bonchev–Trinajstić information content (AvgIpc) is 3.23. The van der Waals surface area contributed by atoms with E-state index >= 15 is 0 Å². The summed E-state index contributed by atoms with van der Waals surface area (Å²) in [6.07, 6.45) is 1.50. The van der Waals surface area contributed by atoms with Gasteiger partial charge in [-0.3, -0.25) is 9.59 Å². The average molecular weight is 388 g/mol. The summed E-state index contributed by atoms with van der Waals surface area (Å²) in [5, 5.41) is 10.9. The van der Waals surface area contributed by atoms with E-state index in [0.717, 1.165) is 51.8 Å². The van der Waals surface area contributed by atoms with Gasteiger partial charge in [0.1, 0.15) is 12.4 Å². The zero-order chi connectivity index (χ0) is 20.1. The molecular formula is C23H20N2O4. The Bertz CT molecular complexity index is 1320. The topological polar surface area (TPSA) is 81.4 Å². The van der Waals surface area contributed by atoms with Gasteiger partial charge in [0.05, 0.1) is 34.4 Å². The Balaban J connectivity index is 1.66. The number of aromatic nitrogens is 2. The van der Waals surface area contributed by atoms with Crippen LogP contribution in [-0.2, 0) is 34.5 Å². The van der Waals surface area contributed by atoms with Crippen molar-refractivity contribution >= 4 is 16.9 Å². The first-order valence-electron chi connectivity index (χ1n) is 10.0. The third kappa shape index (κ3) is 1.94. The maximum Gasteiger partial charge on any atom is 0.317 e. The van der Waals surface area contributed by atoms with Crippen LogP contribution in [0.25, 0.3) is 22.3 Å². The lowest BCUT2D eigenvalue weighted by Gasteiger charge is -2.25. The number of benzene rings is 1. The number of aryl methyl sites for hydroxylation is 1. The molecule has 2 aromatic heterocycles. The van der Waals surface area contributed by atoms with Crippen molar-refractivity contribution in [2.75, 3.05) is 0 Å². The number of esters is 1. The summed E-state index contributed by atoms with van der Waals surface area (Å²) in [5.41, 5.74) is 5.19. The van der Waals surface area contributed by atoms with Crippen LogP contribution in [0, 0.1) is 5.92 Å². The molecule has 0 amide bonds. The Labute approximate surface area is 166 Å². The summed E-state index contributed by atoms with van der Waals surface area (Å²) in [6, 6.07) is 7.19. The number of pyridine rings is 2. The summed E-state index contributed by atoms with van der Waals surface area (Å²) in [6.45, 7) is 4.60. The van der Waals surface area contributed by atoms with Crippen molar-refractivity contribution in [3.63, 3.8) is 0 Å². The summed E-state index contributed by atoms with van der Waals surface area (Å²) < 4.78 is 7.15. The molecule has 0 bridgehead atoms. The number of ether oxygens (including phenoxy) is 1. The molecule has 2 atom stereocenters. The van der Waals surface area contributed by atoms with Crippen molar-refractivity contribution < 1.29 is 14.6 Å². The van der Waals surface area contributed by atoms with Crippen molar-refractivity contribution in [3.8, 4) is 17.1 Å². The molecule has 6 nitrogen and oxygen atoms in total. The van der Waals surface area contributed by atoms with E-state index < -0.39 is 5.41 Å². The lowest BCUT2D eigenvalue weighted by atomic mass is 9.87. The quantitative estimate of drug-likeness (QED) is 0.507. The SMILES string of the molecule is CCc1c2c(nc3ccc(O)cc13)-c1cc3c(c(=O)n1C2)COC(=O)[C@]31CC1C. The highest BCUT2D eigenvalue weighted by Gasteiger charge is 2.62. The number of phenolic OH excluding ortho intramolecular Hbond substituents is 1. The lowest BCUT2D eigenvalue weighted by molar-refractivity contribution is -0.150. The molecule has 6 heteroatoms. The number of phenols is 1. The number of cyclic esters (lactones) is 1. The molecule has 1 aromatic carbocycles. The number of hydrogen-bond donors (Lipinski definition) is 1. The molecule has 1 fully saturated rings. The standard InChI is InChI=1S/C23H20N2O4/c1-3-13-14-6-12(26)4-5-18(14)24-20-15(13)9-25-19(20)7-17-16(21(25)27)10-29-22(28)23(17)8-11(23)2/h4-7,11,26H,3,8-10H2,1-2H3/t11?,23-/m0/s1. The fraction of sp³-hybridized carbons (Fsp3) is 0.348. The molecule has 146 valence electrons. The largest absolute Gasteiger partial charge is 0.508 e. The molecule has 3 aromatic rings. The molecule has 1 aliphatic carbocycles. The van der Waals surface area contributed by atoms with Crippen molar-refractivity contribution in [2.24, 2.45) is 5.92 Å². The molecule has 2 aliphatic heterocycles. The molecule has 29 heavy (non-hydrogen) atoms. The van der Waals surface area contributed by atoms with Gasteiger partial charge in [0.2, 0.25) is 0 Å². The first-order valence-corrected chi connectivity index (χ1v) is 10.0. The van der Waals surface area contributed by atoms with Crippen LogP contribution in [0.2, 0.25) is 0 Å². The highest BCUT2D eigenvalue weighted by Crippen LogP contribution is 2.57. The highest BCUT2D eigenvalue weighted by molar-refractivity contribution is 5.91. The Morgan fingerprint density at radius 3 is 2.79 bits per heavy atom. The van der Waals surface area contributed by atoms with Crippen molar-refractivity contribution in [3.05, 3.63) is 56.9 Å². The fourth-order valence-electron chi connectivity index (χ4n) is 5.34. The Hall–Kier alpha value is -3.15. The van der Waals surface area contributed by atoms with Gasteiger partial charge in [-0.1, -0.05) is 13.8 Å². The van der Waals surface area contributed by atoms with Crippen LogP contribution < -0.4 is 5.56 Å². The van der Waals surface area contributed by atoms with Crippen LogP contribution in [0.5, 0.6) is 5.75 Å². The first-order chi connectivity index (χ1) is 14.0. The van der Waals surface area contributed by atoms with E-state index in [0.29, 0.717) is 12.1 Å². The van der Waals surface area contributed by atoms with Crippen LogP contribution in [0.15, 0.2) is 29.1 Å². The van der Waals surface area contributed by atoms with Crippen molar-refractivity contribution in [2.45, 2.75) is 45.3 Å². The molecule has 1 unspecified atom stereocenters. The number of rotatable bonds is 1. The number of fused-ring (bicyclic) bond motifs is 6. The lowest BCUT2D eigenvalue weighted by Crippen LogP contribution is -2.37. The van der Waals surface area contributed by atoms with Gasteiger partial charge in [-0.2, -0.15) is 0 Å². The Morgan fingerprint density at radius 2 is 2.07 bits per heavy atom. The molecular weight excluding hydrogens is 368 g/mol. The molecule has 0 radical (unpaired) electrons. The van der Waals surface area contributed by atoms with Crippen LogP contribution in [0.4, 0.5) is 0 Å². The minimum absolute atomic E-state index is 0.0437. The van der Waals surface area contributed by atoms with Crippen molar-refractivity contribution in [1.82, 2.24) is 9.55 Å². The smallest absolute Gasteiger partial charge is 0.317 e. The van der Waals surface area contributed by atoms with Gasteiger partial charge in [0.25, 0.3) is 5.56 Å². The first kappa shape index (κ1) is 16.8. The molecule has 1 spiro atoms. The van der Waals surface area contributed by atoms with Crippen LogP contribution in [0.1, 0.15) is 42.5 Å². The van der Waals surface area contributed by atoms with Gasteiger partial charge in [-0.05, 0) is 54.2 Å². The van der Waals surface area contributed by atoms with Crippen molar-refractivity contribution in [1.29, 1.82) is 0 Å². The zero-order valence-corrected chi connectivity index (χ0v) is 16.3. The van der Waals surface area contributed by atoms with Gasteiger partial charge in [0, 0.05) is 10.9 Å². The predicted octanol–water partition coefficient (Wildman–Crippen LogP) is 3.03. The molecule has 4 heterocycles. The monoisotopic (exact) mass is 388 g/mol. The second-order valence-corrected chi connectivity index (χ2v) is 8.44. The van der Waals surface area contributed by atoms with E-state index in [4.69, 9.17) is 9.72 Å². The molecule has 1 N–H and O–H groups in total. The van der Waals surface area contributed by atoms with Crippen LogP contribution in [-0.4, -0.2) is 20.6 Å². The molecule has 0 saturated heterocycles. The van der Waals surface area contributed by atoms with Gasteiger partial charge in [0.15, 0.2) is 0 Å². The van der Waals surface area contributed by atoms with Gasteiger partial charge in [-0.15, -0.1) is 0 Å². The third-order valence-electron chi connectivity index (χ3n) is 7.00. The number of carbonyl (C=O) groups is 1. The summed E-state index contributed by atoms with van der Waals surface area (Å²) in [4.78, 5) is 30.8. The summed E-state index contributed by atoms with van der Waals surface area (Å²) in [7, 11) is 0. The third-order valence-corrected chi connectivity index (χ3v) is 7.00. The van der Waals surface area contributed by atoms with Gasteiger partial charge in [-0.25, -0.2) is 4.98 Å². The number of aromatic hydroxyl groups is 1. The number of nitrogens with zero attached hydrogens (tertiary/aromatic N) is 2. The minimum atomic E-state index is -0.665. The summed E-state index contributed by atoms with van der Waals surface area (Å²) >= 11 is 0. The van der Waals surface area contributed by atoms with E-state index in [9.17, 15) is 14.7 Å². The van der Waals surface area contributed by atoms with E-state index in [-0.39, 0.29) is 29.8 Å². The molecule has 6 rings (SSSR count). The van der Waals surface area contributed by atoms with Crippen LogP contribution in [0.3, 0.4) is 0 Å². The van der Waals surface area contributed by atoms with E-state index in [2.05, 4.69) is 6.92 Å². The summed E-state index contributed by atoms with van der Waals surface area (Å²) in [5.74, 6) is 0.171. The fourth-order valence-corrected chi connectivity index (χ4v) is 5.34. The zero-order valence-electron chi connectivity index (χ0n) is 16.3. The Morgan fingerprint density at radius 1 is 1.28 bits per heavy atom. The molecule has 3 aliphatic rings. The van der Waals surface area contributed by atoms with E-state index in [1.807, 2.05) is 19.1 Å². The Kier molecular flexibility index (Phi) is 3.04. The second-order valence-electron chi connectivity index (χ2n) is 8.44. The maximum absolute atomic E-state index is 13.4. The predicted molar refractivity (Wildman–Crippen MR) is 107 cm³/mol. The minimum Gasteiger partial charge on any atom is -0.508 e. The number of carbonyl (C=O) groups excluding carboxylic acids is 1. The van der Waals surface area contributed by atoms with Gasteiger partial charge >= 0.3 is 5.97 Å². The van der Waals surface area contributed by atoms with Crippen LogP contribution >= 0.6 is 0 Å². The van der Waals surface area contributed by atoms with E-state index in [1.54, 1.807) is 16.7 Å².